The van der Waals surface area contributed by atoms with Crippen molar-refractivity contribution < 1.29 is 4.79 Å². The second kappa shape index (κ2) is 9.94. The second-order valence-corrected chi connectivity index (χ2v) is 6.98. The summed E-state index contributed by atoms with van der Waals surface area (Å²) in [4.78, 5) is 14.7. The highest BCUT2D eigenvalue weighted by atomic mass is 35.5. The Balaban J connectivity index is 1.88. The van der Waals surface area contributed by atoms with Crippen LogP contribution >= 0.6 is 11.6 Å². The van der Waals surface area contributed by atoms with Crippen LogP contribution in [0, 0.1) is 5.92 Å². The molecule has 0 aromatic heterocycles. The Morgan fingerprint density at radius 2 is 2.09 bits per heavy atom. The van der Waals surface area contributed by atoms with Gasteiger partial charge < -0.3 is 10.2 Å². The molecule has 0 spiro atoms. The average molecular weight is 337 g/mol. The van der Waals surface area contributed by atoms with Crippen LogP contribution in [0.1, 0.15) is 51.0 Å². The normalized spacial score (nSPS) is 17.4. The van der Waals surface area contributed by atoms with Crippen LogP contribution in [0.4, 0.5) is 0 Å². The van der Waals surface area contributed by atoms with E-state index >= 15 is 0 Å². The van der Waals surface area contributed by atoms with E-state index in [1.165, 1.54) is 19.3 Å². The molecule has 128 valence electrons. The molecular formula is C19H29ClN2O. The van der Waals surface area contributed by atoms with E-state index < -0.39 is 0 Å². The first-order valence-corrected chi connectivity index (χ1v) is 9.29. The number of nitrogens with one attached hydrogen (secondary N) is 1. The number of nitrogens with zero attached hydrogens (tertiary/aromatic N) is 1. The van der Waals surface area contributed by atoms with Crippen LogP contribution in [0.25, 0.3) is 0 Å². The second-order valence-electron chi connectivity index (χ2n) is 6.55. The minimum atomic E-state index is 0.294. The monoisotopic (exact) mass is 336 g/mol. The number of halogens is 1. The topological polar surface area (TPSA) is 32.3 Å². The first-order chi connectivity index (χ1) is 11.2. The van der Waals surface area contributed by atoms with E-state index in [1.807, 2.05) is 29.2 Å². The predicted octanol–water partition coefficient (Wildman–Crippen LogP) is 4.25. The predicted molar refractivity (Wildman–Crippen MR) is 96.6 cm³/mol. The summed E-state index contributed by atoms with van der Waals surface area (Å²) in [7, 11) is 0. The van der Waals surface area contributed by atoms with E-state index in [0.717, 1.165) is 43.1 Å². The summed E-state index contributed by atoms with van der Waals surface area (Å²) in [6.45, 7) is 5.92. The molecule has 1 aromatic carbocycles. The molecule has 4 heteroatoms. The Hall–Kier alpha value is -1.06. The molecule has 1 amide bonds. The third-order valence-electron chi connectivity index (χ3n) is 4.60. The van der Waals surface area contributed by atoms with E-state index in [9.17, 15) is 4.79 Å². The molecule has 1 N–H and O–H groups in total. The first kappa shape index (κ1) is 18.3. The summed E-state index contributed by atoms with van der Waals surface area (Å²) < 4.78 is 0. The quantitative estimate of drug-likeness (QED) is 0.684. The van der Waals surface area contributed by atoms with Gasteiger partial charge in [-0.05, 0) is 56.0 Å². The maximum Gasteiger partial charge on any atom is 0.222 e. The van der Waals surface area contributed by atoms with Crippen molar-refractivity contribution in [3.8, 4) is 0 Å². The van der Waals surface area contributed by atoms with Crippen LogP contribution in [0.2, 0.25) is 5.02 Å². The van der Waals surface area contributed by atoms with E-state index in [0.29, 0.717) is 24.8 Å². The van der Waals surface area contributed by atoms with Gasteiger partial charge in [-0.25, -0.2) is 0 Å². The summed E-state index contributed by atoms with van der Waals surface area (Å²) in [5.41, 5.74) is 1.15. The molecule has 1 atom stereocenters. The van der Waals surface area contributed by atoms with Crippen molar-refractivity contribution >= 4 is 17.5 Å². The number of unbranched alkanes of at least 4 members (excludes halogenated alkanes) is 2. The molecule has 1 saturated heterocycles. The zero-order chi connectivity index (χ0) is 16.5. The minimum absolute atomic E-state index is 0.294. The highest BCUT2D eigenvalue weighted by Crippen LogP contribution is 2.17. The Bertz CT molecular complexity index is 469. The van der Waals surface area contributed by atoms with Crippen LogP contribution < -0.4 is 5.32 Å². The van der Waals surface area contributed by atoms with E-state index in [4.69, 9.17) is 11.6 Å². The number of hydrogen-bond donors (Lipinski definition) is 1. The summed E-state index contributed by atoms with van der Waals surface area (Å²) in [6.07, 6.45) is 6.33. The van der Waals surface area contributed by atoms with Crippen LogP contribution in [0.5, 0.6) is 0 Å². The van der Waals surface area contributed by atoms with Crippen LogP contribution in [0.15, 0.2) is 24.3 Å². The maximum atomic E-state index is 12.6. The van der Waals surface area contributed by atoms with E-state index in [1.54, 1.807) is 0 Å². The molecule has 0 bridgehead atoms. The van der Waals surface area contributed by atoms with Gasteiger partial charge in [0.1, 0.15) is 0 Å². The smallest absolute Gasteiger partial charge is 0.222 e. The number of carbonyl (C=O) groups is 1. The maximum absolute atomic E-state index is 12.6. The third-order valence-corrected chi connectivity index (χ3v) is 4.85. The van der Waals surface area contributed by atoms with Crippen molar-refractivity contribution in [1.29, 1.82) is 0 Å². The van der Waals surface area contributed by atoms with Gasteiger partial charge in [0, 0.05) is 24.5 Å². The van der Waals surface area contributed by atoms with Crippen molar-refractivity contribution in [3.63, 3.8) is 0 Å². The molecule has 1 aromatic rings. The third kappa shape index (κ3) is 6.52. The van der Waals surface area contributed by atoms with Crippen LogP contribution in [-0.4, -0.2) is 30.4 Å². The largest absolute Gasteiger partial charge is 0.338 e. The highest BCUT2D eigenvalue weighted by Gasteiger charge is 2.19. The fraction of sp³-hybridized carbons (Fsp3) is 0.632. The van der Waals surface area contributed by atoms with Crippen molar-refractivity contribution in [3.05, 3.63) is 34.9 Å². The fourth-order valence-electron chi connectivity index (χ4n) is 3.10. The van der Waals surface area contributed by atoms with Crippen molar-refractivity contribution in [2.75, 3.05) is 19.6 Å². The van der Waals surface area contributed by atoms with Crippen molar-refractivity contribution in [2.24, 2.45) is 5.92 Å². The van der Waals surface area contributed by atoms with Gasteiger partial charge in [-0.15, -0.1) is 0 Å². The molecule has 2 rings (SSSR count). The number of benzene rings is 1. The molecular weight excluding hydrogens is 308 g/mol. The summed E-state index contributed by atoms with van der Waals surface area (Å²) in [6, 6.07) is 7.83. The van der Waals surface area contributed by atoms with Crippen LogP contribution in [0.3, 0.4) is 0 Å². The van der Waals surface area contributed by atoms with Gasteiger partial charge >= 0.3 is 0 Å². The van der Waals surface area contributed by atoms with Gasteiger partial charge in [-0.3, -0.25) is 4.79 Å². The lowest BCUT2D eigenvalue weighted by Crippen LogP contribution is -2.31. The Labute approximate surface area is 145 Å². The molecule has 0 aliphatic carbocycles. The van der Waals surface area contributed by atoms with Gasteiger partial charge in [0.2, 0.25) is 5.91 Å². The van der Waals surface area contributed by atoms with Crippen molar-refractivity contribution in [1.82, 2.24) is 10.2 Å². The molecule has 3 nitrogen and oxygen atoms in total. The number of hydrogen-bond acceptors (Lipinski definition) is 2. The van der Waals surface area contributed by atoms with Gasteiger partial charge in [0.05, 0.1) is 0 Å². The van der Waals surface area contributed by atoms with E-state index in [2.05, 4.69) is 12.2 Å². The molecule has 0 radical (unpaired) electrons. The minimum Gasteiger partial charge on any atom is -0.338 e. The Morgan fingerprint density at radius 1 is 1.30 bits per heavy atom. The SMILES string of the molecule is CCCCCN(Cc1ccc(Cl)cc1)C(=O)CCC1CCNC1. The molecule has 0 saturated carbocycles. The molecule has 1 unspecified atom stereocenters. The standard InChI is InChI=1S/C19H29ClN2O/c1-2-3-4-13-22(15-17-5-8-18(20)9-6-17)19(23)10-7-16-11-12-21-14-16/h5-6,8-9,16,21H,2-4,7,10-15H2,1H3. The van der Waals surface area contributed by atoms with Crippen molar-refractivity contribution in [2.45, 2.75) is 52.0 Å². The molecule has 1 fully saturated rings. The fourth-order valence-corrected chi connectivity index (χ4v) is 3.23. The molecule has 23 heavy (non-hydrogen) atoms. The first-order valence-electron chi connectivity index (χ1n) is 8.92. The van der Waals surface area contributed by atoms with Gasteiger partial charge in [-0.1, -0.05) is 43.5 Å². The number of amides is 1. The summed E-state index contributed by atoms with van der Waals surface area (Å²) >= 11 is 5.95. The zero-order valence-electron chi connectivity index (χ0n) is 14.2. The molecule has 1 aliphatic heterocycles. The summed E-state index contributed by atoms with van der Waals surface area (Å²) in [5, 5.41) is 4.12. The highest BCUT2D eigenvalue weighted by molar-refractivity contribution is 6.30. The molecule has 1 heterocycles. The van der Waals surface area contributed by atoms with Gasteiger partial charge in [0.15, 0.2) is 0 Å². The average Bonchev–Trinajstić information content (AvgIpc) is 3.07. The Morgan fingerprint density at radius 3 is 2.74 bits per heavy atom. The van der Waals surface area contributed by atoms with E-state index in [-0.39, 0.29) is 0 Å². The zero-order valence-corrected chi connectivity index (χ0v) is 14.9. The van der Waals surface area contributed by atoms with Crippen LogP contribution in [-0.2, 0) is 11.3 Å². The lowest BCUT2D eigenvalue weighted by atomic mass is 10.0. The lowest BCUT2D eigenvalue weighted by molar-refractivity contribution is -0.132. The van der Waals surface area contributed by atoms with Gasteiger partial charge in [-0.2, -0.15) is 0 Å². The van der Waals surface area contributed by atoms with Gasteiger partial charge in [0.25, 0.3) is 0 Å². The number of carbonyl (C=O) groups excluding carboxylic acids is 1. The Kier molecular flexibility index (Phi) is 7.90. The molecule has 1 aliphatic rings. The lowest BCUT2D eigenvalue weighted by Gasteiger charge is -2.23. The number of rotatable bonds is 9. The summed E-state index contributed by atoms with van der Waals surface area (Å²) in [5.74, 6) is 0.968.